The van der Waals surface area contributed by atoms with E-state index in [-0.39, 0.29) is 11.7 Å². The lowest BCUT2D eigenvalue weighted by atomic mass is 10.1. The average Bonchev–Trinajstić information content (AvgIpc) is 3.28. The van der Waals surface area contributed by atoms with Crippen molar-refractivity contribution in [3.8, 4) is 6.07 Å². The van der Waals surface area contributed by atoms with Gasteiger partial charge in [-0.3, -0.25) is 9.69 Å². The molecule has 1 aromatic heterocycles. The van der Waals surface area contributed by atoms with Crippen molar-refractivity contribution in [2.24, 2.45) is 0 Å². The van der Waals surface area contributed by atoms with Crippen molar-refractivity contribution < 1.29 is 18.4 Å². The number of urea groups is 1. The molecule has 1 saturated heterocycles. The number of carbonyl (C=O) groups excluding carboxylic acids is 2. The van der Waals surface area contributed by atoms with Gasteiger partial charge in [-0.25, -0.2) is 9.18 Å². The number of carbonyl (C=O) groups is 2. The minimum atomic E-state index is -0.607. The number of benzene rings is 2. The molecule has 4 rings (SSSR count). The van der Waals surface area contributed by atoms with Gasteiger partial charge in [-0.2, -0.15) is 5.26 Å². The van der Waals surface area contributed by atoms with Crippen molar-refractivity contribution in [3.63, 3.8) is 0 Å². The Morgan fingerprint density at radius 1 is 1.06 bits per heavy atom. The second kappa shape index (κ2) is 10.2. The second-order valence-electron chi connectivity index (χ2n) is 8.04. The zero-order chi connectivity index (χ0) is 24.1. The summed E-state index contributed by atoms with van der Waals surface area (Å²) < 4.78 is 19.4. The smallest absolute Gasteiger partial charge is 0.321 e. The zero-order valence-electron chi connectivity index (χ0n) is 18.7. The van der Waals surface area contributed by atoms with E-state index in [2.05, 4.69) is 21.6 Å². The number of aryl methyl sites for hydroxylation is 1. The van der Waals surface area contributed by atoms with Gasteiger partial charge in [0.05, 0.1) is 29.1 Å². The van der Waals surface area contributed by atoms with Crippen LogP contribution in [0.4, 0.5) is 20.6 Å². The predicted octanol–water partition coefficient (Wildman–Crippen LogP) is 4.20. The number of hydrogen-bond donors (Lipinski definition) is 2. The fraction of sp³-hybridized carbons (Fsp3) is 0.240. The van der Waals surface area contributed by atoms with Gasteiger partial charge in [0.1, 0.15) is 11.6 Å². The number of halogens is 1. The first-order valence-electron chi connectivity index (χ1n) is 10.9. The Hall–Kier alpha value is -4.16. The fourth-order valence-electron chi connectivity index (χ4n) is 3.76. The molecule has 0 atom stereocenters. The topological polar surface area (TPSA) is 102 Å². The Morgan fingerprint density at radius 3 is 2.44 bits per heavy atom. The molecule has 2 N–H and O–H groups in total. The van der Waals surface area contributed by atoms with Crippen LogP contribution < -0.4 is 10.6 Å². The first kappa shape index (κ1) is 23.0. The number of furan rings is 1. The third-order valence-corrected chi connectivity index (χ3v) is 5.72. The van der Waals surface area contributed by atoms with Crippen LogP contribution in [-0.2, 0) is 6.54 Å². The standard InChI is InChI=1S/C25H24FN5O3/c1-17-21(8-13-34-17)24(32)29-23-14-20(6-7-22(23)26)28-25(33)31-11-9-30(10-12-31)16-19-4-2-18(15-27)3-5-19/h2-8,13-14H,9-12,16H2,1H3,(H,28,33)(H,29,32). The number of hydrogen-bond acceptors (Lipinski definition) is 5. The first-order valence-corrected chi connectivity index (χ1v) is 10.9. The fourth-order valence-corrected chi connectivity index (χ4v) is 3.76. The van der Waals surface area contributed by atoms with Crippen molar-refractivity contribution >= 4 is 23.3 Å². The highest BCUT2D eigenvalue weighted by atomic mass is 19.1. The molecule has 34 heavy (non-hydrogen) atoms. The van der Waals surface area contributed by atoms with E-state index in [1.165, 1.54) is 30.5 Å². The summed E-state index contributed by atoms with van der Waals surface area (Å²) in [5.41, 5.74) is 2.41. The van der Waals surface area contributed by atoms with Crippen LogP contribution in [0.5, 0.6) is 0 Å². The summed E-state index contributed by atoms with van der Waals surface area (Å²) in [6.07, 6.45) is 1.39. The molecule has 2 heterocycles. The molecule has 3 aromatic rings. The van der Waals surface area contributed by atoms with Gasteiger partial charge in [0, 0.05) is 38.4 Å². The molecular weight excluding hydrogens is 437 g/mol. The highest BCUT2D eigenvalue weighted by molar-refractivity contribution is 6.05. The number of amides is 3. The molecule has 0 radical (unpaired) electrons. The van der Waals surface area contributed by atoms with Crippen molar-refractivity contribution in [3.05, 3.63) is 83.1 Å². The highest BCUT2D eigenvalue weighted by Gasteiger charge is 2.22. The Labute approximate surface area is 196 Å². The number of nitrogens with one attached hydrogen (secondary N) is 2. The minimum Gasteiger partial charge on any atom is -0.469 e. The van der Waals surface area contributed by atoms with Crippen LogP contribution in [0.15, 0.2) is 59.2 Å². The molecule has 1 fully saturated rings. The van der Waals surface area contributed by atoms with Crippen LogP contribution in [0.3, 0.4) is 0 Å². The van der Waals surface area contributed by atoms with Gasteiger partial charge in [-0.15, -0.1) is 0 Å². The lowest BCUT2D eigenvalue weighted by Gasteiger charge is -2.34. The number of nitriles is 1. The normalized spacial score (nSPS) is 13.9. The molecule has 174 valence electrons. The molecule has 0 saturated carbocycles. The van der Waals surface area contributed by atoms with E-state index in [0.29, 0.717) is 48.8 Å². The number of piperazine rings is 1. The molecule has 0 aliphatic carbocycles. The maximum atomic E-state index is 14.2. The quantitative estimate of drug-likeness (QED) is 0.593. The largest absolute Gasteiger partial charge is 0.469 e. The van der Waals surface area contributed by atoms with Crippen molar-refractivity contribution in [2.75, 3.05) is 36.8 Å². The minimum absolute atomic E-state index is 0.0318. The maximum Gasteiger partial charge on any atom is 0.321 e. The lowest BCUT2D eigenvalue weighted by Crippen LogP contribution is -2.49. The van der Waals surface area contributed by atoms with Crippen molar-refractivity contribution in [2.45, 2.75) is 13.5 Å². The van der Waals surface area contributed by atoms with Crippen LogP contribution in [0.1, 0.15) is 27.2 Å². The molecule has 0 bridgehead atoms. The molecule has 2 aromatic carbocycles. The SMILES string of the molecule is Cc1occc1C(=O)Nc1cc(NC(=O)N2CCN(Cc3ccc(C#N)cc3)CC2)ccc1F. The molecule has 3 amide bonds. The Balaban J connectivity index is 1.31. The summed E-state index contributed by atoms with van der Waals surface area (Å²) in [5, 5.41) is 14.2. The predicted molar refractivity (Wildman–Crippen MR) is 125 cm³/mol. The van der Waals surface area contributed by atoms with E-state index in [0.717, 1.165) is 12.1 Å². The van der Waals surface area contributed by atoms with Crippen molar-refractivity contribution in [1.82, 2.24) is 9.80 Å². The van der Waals surface area contributed by atoms with E-state index >= 15 is 0 Å². The Kier molecular flexibility index (Phi) is 6.90. The Morgan fingerprint density at radius 2 is 1.79 bits per heavy atom. The van der Waals surface area contributed by atoms with Gasteiger partial charge in [0.25, 0.3) is 5.91 Å². The van der Waals surface area contributed by atoms with E-state index in [9.17, 15) is 14.0 Å². The van der Waals surface area contributed by atoms with Crippen LogP contribution >= 0.6 is 0 Å². The lowest BCUT2D eigenvalue weighted by molar-refractivity contribution is 0.102. The molecule has 1 aliphatic rings. The van der Waals surface area contributed by atoms with Gasteiger partial charge in [0.2, 0.25) is 0 Å². The molecule has 9 heteroatoms. The summed E-state index contributed by atoms with van der Waals surface area (Å²) in [6, 6.07) is 14.9. The van der Waals surface area contributed by atoms with Gasteiger partial charge < -0.3 is 20.0 Å². The maximum absolute atomic E-state index is 14.2. The molecular formula is C25H24FN5O3. The molecule has 8 nitrogen and oxygen atoms in total. The third-order valence-electron chi connectivity index (χ3n) is 5.72. The van der Waals surface area contributed by atoms with Crippen LogP contribution in [-0.4, -0.2) is 47.9 Å². The highest BCUT2D eigenvalue weighted by Crippen LogP contribution is 2.22. The van der Waals surface area contributed by atoms with E-state index < -0.39 is 11.7 Å². The monoisotopic (exact) mass is 461 g/mol. The average molecular weight is 461 g/mol. The summed E-state index contributed by atoms with van der Waals surface area (Å²) in [7, 11) is 0. The Bertz CT molecular complexity index is 1220. The van der Waals surface area contributed by atoms with Crippen LogP contribution in [0.25, 0.3) is 0 Å². The van der Waals surface area contributed by atoms with E-state index in [1.54, 1.807) is 24.0 Å². The molecule has 0 unspecified atom stereocenters. The van der Waals surface area contributed by atoms with Crippen LogP contribution in [0, 0.1) is 24.1 Å². The summed E-state index contributed by atoms with van der Waals surface area (Å²) in [4.78, 5) is 29.0. The van der Waals surface area contributed by atoms with Gasteiger partial charge >= 0.3 is 6.03 Å². The van der Waals surface area contributed by atoms with Crippen LogP contribution in [0.2, 0.25) is 0 Å². The zero-order valence-corrected chi connectivity index (χ0v) is 18.7. The summed E-state index contributed by atoms with van der Waals surface area (Å²) in [5.74, 6) is -0.670. The van der Waals surface area contributed by atoms with Crippen molar-refractivity contribution in [1.29, 1.82) is 5.26 Å². The number of rotatable bonds is 5. The van der Waals surface area contributed by atoms with Gasteiger partial charge in [0.15, 0.2) is 0 Å². The summed E-state index contributed by atoms with van der Waals surface area (Å²) >= 11 is 0. The van der Waals surface area contributed by atoms with Gasteiger partial charge in [-0.1, -0.05) is 12.1 Å². The van der Waals surface area contributed by atoms with Gasteiger partial charge in [-0.05, 0) is 48.9 Å². The van der Waals surface area contributed by atoms with E-state index in [4.69, 9.17) is 9.68 Å². The molecule has 1 aliphatic heterocycles. The number of nitrogens with zero attached hydrogens (tertiary/aromatic N) is 3. The first-order chi connectivity index (χ1) is 16.4. The van der Waals surface area contributed by atoms with E-state index in [1.807, 2.05) is 12.1 Å². The number of anilines is 2. The third kappa shape index (κ3) is 5.42. The summed E-state index contributed by atoms with van der Waals surface area (Å²) in [6.45, 7) is 4.91. The molecule has 0 spiro atoms. The second-order valence-corrected chi connectivity index (χ2v) is 8.04.